The van der Waals surface area contributed by atoms with E-state index >= 15 is 0 Å². The van der Waals surface area contributed by atoms with Gasteiger partial charge in [0.25, 0.3) is 0 Å². The smallest absolute Gasteiger partial charge is 0.122 e. The van der Waals surface area contributed by atoms with Crippen LogP contribution in [-0.2, 0) is 6.42 Å². The minimum absolute atomic E-state index is 0.751. The quantitative estimate of drug-likeness (QED) is 0.682. The molecule has 0 amide bonds. The van der Waals surface area contributed by atoms with Crippen molar-refractivity contribution in [2.24, 2.45) is 0 Å². The van der Waals surface area contributed by atoms with Crippen molar-refractivity contribution < 1.29 is 4.74 Å². The van der Waals surface area contributed by atoms with Crippen LogP contribution in [0, 0.1) is 6.92 Å². The van der Waals surface area contributed by atoms with Gasteiger partial charge in [0.1, 0.15) is 5.75 Å². The zero-order valence-corrected chi connectivity index (χ0v) is 12.4. The van der Waals surface area contributed by atoms with Crippen LogP contribution in [0.15, 0.2) is 18.2 Å². The Labute approximate surface area is 117 Å². The van der Waals surface area contributed by atoms with Gasteiger partial charge < -0.3 is 10.1 Å². The minimum atomic E-state index is 0.751. The van der Waals surface area contributed by atoms with Crippen molar-refractivity contribution in [3.8, 4) is 5.75 Å². The molecule has 0 saturated heterocycles. The van der Waals surface area contributed by atoms with Crippen LogP contribution in [0.5, 0.6) is 5.75 Å². The Bertz CT molecular complexity index is 385. The van der Waals surface area contributed by atoms with Crippen LogP contribution in [0.1, 0.15) is 50.2 Å². The summed E-state index contributed by atoms with van der Waals surface area (Å²) in [5.41, 5.74) is 2.70. The van der Waals surface area contributed by atoms with Crippen molar-refractivity contribution in [1.82, 2.24) is 5.32 Å². The standard InChI is InChI=1S/C17H27NO/c1-3-19-17-11-8-14(2)13-15(17)7-5-4-6-12-18-16-9-10-16/h8,11,13,16,18H,3-7,9-10,12H2,1-2H3. The first-order valence-corrected chi connectivity index (χ1v) is 7.75. The van der Waals surface area contributed by atoms with Gasteiger partial charge in [-0.1, -0.05) is 24.1 Å². The molecule has 1 aliphatic carbocycles. The molecule has 0 spiro atoms. The predicted molar refractivity (Wildman–Crippen MR) is 80.9 cm³/mol. The lowest BCUT2D eigenvalue weighted by molar-refractivity contribution is 0.336. The zero-order chi connectivity index (χ0) is 13.5. The number of benzene rings is 1. The number of aryl methyl sites for hydroxylation is 2. The highest BCUT2D eigenvalue weighted by Gasteiger charge is 2.19. The van der Waals surface area contributed by atoms with Gasteiger partial charge >= 0.3 is 0 Å². The van der Waals surface area contributed by atoms with Crippen LogP contribution in [-0.4, -0.2) is 19.2 Å². The van der Waals surface area contributed by atoms with E-state index < -0.39 is 0 Å². The van der Waals surface area contributed by atoms with Crippen LogP contribution >= 0.6 is 0 Å². The van der Waals surface area contributed by atoms with Crippen molar-refractivity contribution >= 4 is 0 Å². The first-order valence-electron chi connectivity index (χ1n) is 7.75. The summed E-state index contributed by atoms with van der Waals surface area (Å²) in [4.78, 5) is 0. The molecule has 1 saturated carbocycles. The molecule has 0 bridgehead atoms. The number of unbranched alkanes of at least 4 members (excludes halogenated alkanes) is 2. The van der Waals surface area contributed by atoms with Gasteiger partial charge in [0.15, 0.2) is 0 Å². The van der Waals surface area contributed by atoms with Gasteiger partial charge in [-0.3, -0.25) is 0 Å². The summed E-state index contributed by atoms with van der Waals surface area (Å²) in [7, 11) is 0. The maximum absolute atomic E-state index is 5.70. The van der Waals surface area contributed by atoms with E-state index in [1.54, 1.807) is 0 Å². The lowest BCUT2D eigenvalue weighted by atomic mass is 10.0. The lowest BCUT2D eigenvalue weighted by Gasteiger charge is -2.11. The van der Waals surface area contributed by atoms with Gasteiger partial charge in [-0.15, -0.1) is 0 Å². The molecule has 1 aromatic carbocycles. The summed E-state index contributed by atoms with van der Waals surface area (Å²) in [6, 6.07) is 7.37. The molecule has 0 radical (unpaired) electrons. The first kappa shape index (κ1) is 14.4. The highest BCUT2D eigenvalue weighted by Crippen LogP contribution is 2.22. The Morgan fingerprint density at radius 1 is 1.21 bits per heavy atom. The second-order valence-electron chi connectivity index (χ2n) is 5.58. The zero-order valence-electron chi connectivity index (χ0n) is 12.4. The molecule has 0 aliphatic heterocycles. The summed E-state index contributed by atoms with van der Waals surface area (Å²) in [5.74, 6) is 1.07. The SMILES string of the molecule is CCOc1ccc(C)cc1CCCCCNC1CC1. The van der Waals surface area contributed by atoms with Crippen molar-refractivity contribution in [2.45, 2.75) is 58.4 Å². The highest BCUT2D eigenvalue weighted by atomic mass is 16.5. The maximum atomic E-state index is 5.70. The molecule has 2 rings (SSSR count). The first-order chi connectivity index (χ1) is 9.29. The number of ether oxygens (including phenoxy) is 1. The van der Waals surface area contributed by atoms with Gasteiger partial charge in [-0.2, -0.15) is 0 Å². The van der Waals surface area contributed by atoms with Crippen molar-refractivity contribution in [2.75, 3.05) is 13.2 Å². The molecular formula is C17H27NO. The Morgan fingerprint density at radius 2 is 2.05 bits per heavy atom. The molecule has 1 fully saturated rings. The number of nitrogens with one attached hydrogen (secondary N) is 1. The van der Waals surface area contributed by atoms with Crippen LogP contribution < -0.4 is 10.1 Å². The largest absolute Gasteiger partial charge is 0.494 e. The summed E-state index contributed by atoms with van der Waals surface area (Å²) in [5, 5.41) is 3.57. The third kappa shape index (κ3) is 5.23. The molecule has 2 nitrogen and oxygen atoms in total. The Kier molecular flexibility index (Phi) is 5.71. The summed E-state index contributed by atoms with van der Waals surface area (Å²) in [6.45, 7) is 6.14. The summed E-state index contributed by atoms with van der Waals surface area (Å²) in [6.07, 6.45) is 7.78. The van der Waals surface area contributed by atoms with Crippen molar-refractivity contribution in [3.05, 3.63) is 29.3 Å². The third-order valence-electron chi connectivity index (χ3n) is 3.65. The van der Waals surface area contributed by atoms with Crippen molar-refractivity contribution in [3.63, 3.8) is 0 Å². The molecule has 1 N–H and O–H groups in total. The van der Waals surface area contributed by atoms with Gasteiger partial charge in [0.2, 0.25) is 0 Å². The normalized spacial score (nSPS) is 14.6. The van der Waals surface area contributed by atoms with Gasteiger partial charge in [-0.05, 0) is 64.1 Å². The van der Waals surface area contributed by atoms with Gasteiger partial charge in [-0.25, -0.2) is 0 Å². The molecule has 0 atom stereocenters. The molecule has 1 aromatic rings. The van der Waals surface area contributed by atoms with E-state index in [1.165, 1.54) is 49.8 Å². The van der Waals surface area contributed by atoms with E-state index in [-0.39, 0.29) is 0 Å². The minimum Gasteiger partial charge on any atom is -0.494 e. The van der Waals surface area contributed by atoms with Crippen LogP contribution in [0.2, 0.25) is 0 Å². The molecular weight excluding hydrogens is 234 g/mol. The molecule has 19 heavy (non-hydrogen) atoms. The Hall–Kier alpha value is -1.02. The molecule has 0 aromatic heterocycles. The molecule has 2 heteroatoms. The van der Waals surface area contributed by atoms with E-state index in [2.05, 4.69) is 30.4 Å². The number of hydrogen-bond acceptors (Lipinski definition) is 2. The summed E-state index contributed by atoms with van der Waals surface area (Å²) >= 11 is 0. The average Bonchev–Trinajstić information content (AvgIpc) is 3.21. The topological polar surface area (TPSA) is 21.3 Å². The van der Waals surface area contributed by atoms with E-state index in [9.17, 15) is 0 Å². The van der Waals surface area contributed by atoms with Crippen molar-refractivity contribution in [1.29, 1.82) is 0 Å². The Balaban J connectivity index is 1.69. The molecule has 0 unspecified atom stereocenters. The van der Waals surface area contributed by atoms with Crippen LogP contribution in [0.25, 0.3) is 0 Å². The van der Waals surface area contributed by atoms with Gasteiger partial charge in [0.05, 0.1) is 6.61 Å². The Morgan fingerprint density at radius 3 is 2.79 bits per heavy atom. The van der Waals surface area contributed by atoms with E-state index in [0.717, 1.165) is 24.8 Å². The van der Waals surface area contributed by atoms with Crippen LogP contribution in [0.3, 0.4) is 0 Å². The van der Waals surface area contributed by atoms with Crippen LogP contribution in [0.4, 0.5) is 0 Å². The molecule has 0 heterocycles. The highest BCUT2D eigenvalue weighted by molar-refractivity contribution is 5.37. The predicted octanol–water partition coefficient (Wildman–Crippen LogP) is 3.86. The second kappa shape index (κ2) is 7.54. The average molecular weight is 261 g/mol. The fourth-order valence-corrected chi connectivity index (χ4v) is 2.41. The monoisotopic (exact) mass is 261 g/mol. The molecule has 1 aliphatic rings. The van der Waals surface area contributed by atoms with E-state index in [4.69, 9.17) is 4.74 Å². The van der Waals surface area contributed by atoms with E-state index in [0.29, 0.717) is 0 Å². The lowest BCUT2D eigenvalue weighted by Crippen LogP contribution is -2.17. The summed E-state index contributed by atoms with van der Waals surface area (Å²) < 4.78 is 5.70. The third-order valence-corrected chi connectivity index (χ3v) is 3.65. The molecule has 106 valence electrons. The fourth-order valence-electron chi connectivity index (χ4n) is 2.41. The number of hydrogen-bond donors (Lipinski definition) is 1. The second-order valence-corrected chi connectivity index (χ2v) is 5.58. The van der Waals surface area contributed by atoms with Gasteiger partial charge in [0, 0.05) is 6.04 Å². The fraction of sp³-hybridized carbons (Fsp3) is 0.647. The van der Waals surface area contributed by atoms with E-state index in [1.807, 2.05) is 6.92 Å². The maximum Gasteiger partial charge on any atom is 0.122 e. The number of rotatable bonds is 9.